The van der Waals surface area contributed by atoms with E-state index >= 15 is 0 Å². The summed E-state index contributed by atoms with van der Waals surface area (Å²) < 4.78 is 3.72. The van der Waals surface area contributed by atoms with Crippen LogP contribution in [0.25, 0.3) is 0 Å². The Morgan fingerprint density at radius 3 is 1.00 bits per heavy atom. The van der Waals surface area contributed by atoms with Crippen LogP contribution in [0, 0.1) is 0 Å². The van der Waals surface area contributed by atoms with Gasteiger partial charge < -0.3 is 0 Å². The molecule has 1 heterocycles. The summed E-state index contributed by atoms with van der Waals surface area (Å²) in [5, 5.41) is 0. The quantitative estimate of drug-likeness (QED) is 0.200. The second kappa shape index (κ2) is 18.0. The van der Waals surface area contributed by atoms with Crippen molar-refractivity contribution in [2.24, 2.45) is 0 Å². The minimum absolute atomic E-state index is 0.334. The van der Waals surface area contributed by atoms with E-state index in [1.165, 1.54) is 13.7 Å². The number of thioether (sulfide) groups is 3. The minimum atomic E-state index is -0.482. The van der Waals surface area contributed by atoms with E-state index in [0.717, 1.165) is 51.8 Å². The zero-order chi connectivity index (χ0) is 22.2. The highest BCUT2D eigenvalue weighted by Gasteiger charge is 2.15. The van der Waals surface area contributed by atoms with Crippen molar-refractivity contribution in [3.8, 4) is 0 Å². The summed E-state index contributed by atoms with van der Waals surface area (Å²) in [5.41, 5.74) is -1.45. The van der Waals surface area contributed by atoms with E-state index in [1.54, 1.807) is 35.3 Å². The van der Waals surface area contributed by atoms with Gasteiger partial charge in [-0.25, -0.2) is 28.1 Å². The van der Waals surface area contributed by atoms with Crippen LogP contribution in [0.15, 0.2) is 14.4 Å². The number of thiol groups is 3. The van der Waals surface area contributed by atoms with Gasteiger partial charge in [0.05, 0.1) is 0 Å². The average Bonchev–Trinajstić information content (AvgIpc) is 2.74. The lowest BCUT2D eigenvalue weighted by Crippen LogP contribution is -2.54. The Morgan fingerprint density at radius 1 is 0.500 bits per heavy atom. The molecule has 174 valence electrons. The normalized spacial score (nSPS) is 11.3. The maximum absolute atomic E-state index is 12.9. The number of aromatic nitrogens is 3. The fraction of sp³-hybridized carbons (Fsp3) is 0.833. The summed E-state index contributed by atoms with van der Waals surface area (Å²) in [7, 11) is 0. The van der Waals surface area contributed by atoms with Gasteiger partial charge in [0.15, 0.2) is 0 Å². The molecule has 0 aliphatic rings. The zero-order valence-corrected chi connectivity index (χ0v) is 22.4. The second-order valence-electron chi connectivity index (χ2n) is 6.37. The first-order chi connectivity index (χ1) is 14.6. The molecule has 0 amide bonds. The molecule has 0 unspecified atom stereocenters. The van der Waals surface area contributed by atoms with E-state index in [1.807, 2.05) is 0 Å². The Hall–Kier alpha value is 0.510. The highest BCUT2D eigenvalue weighted by atomic mass is 32.2. The Bertz CT molecular complexity index is 635. The molecule has 0 fully saturated rings. The van der Waals surface area contributed by atoms with Crippen molar-refractivity contribution in [2.75, 3.05) is 51.8 Å². The lowest BCUT2D eigenvalue weighted by Gasteiger charge is -2.14. The van der Waals surface area contributed by atoms with Gasteiger partial charge in [-0.3, -0.25) is 0 Å². The van der Waals surface area contributed by atoms with Crippen LogP contribution in [0.5, 0.6) is 0 Å². The molecule has 0 aromatic carbocycles. The number of hydrogen-bond donors (Lipinski definition) is 3. The predicted octanol–water partition coefficient (Wildman–Crippen LogP) is 2.33. The van der Waals surface area contributed by atoms with Gasteiger partial charge in [-0.05, 0) is 53.8 Å². The maximum atomic E-state index is 12.9. The predicted molar refractivity (Wildman–Crippen MR) is 147 cm³/mol. The molecule has 0 atom stereocenters. The highest BCUT2D eigenvalue weighted by Crippen LogP contribution is 2.05. The van der Waals surface area contributed by atoms with Crippen LogP contribution in [0.3, 0.4) is 0 Å². The Labute approximate surface area is 208 Å². The summed E-state index contributed by atoms with van der Waals surface area (Å²) >= 11 is 17.8. The van der Waals surface area contributed by atoms with E-state index in [4.69, 9.17) is 0 Å². The third-order valence-electron chi connectivity index (χ3n) is 4.10. The van der Waals surface area contributed by atoms with E-state index in [9.17, 15) is 14.4 Å². The first-order valence-electron chi connectivity index (χ1n) is 10.1. The smallest absolute Gasteiger partial charge is 0.247 e. The van der Waals surface area contributed by atoms with Crippen molar-refractivity contribution in [3.05, 3.63) is 31.5 Å². The third kappa shape index (κ3) is 10.4. The lowest BCUT2D eigenvalue weighted by molar-refractivity contribution is 0.440. The van der Waals surface area contributed by atoms with Gasteiger partial charge in [-0.2, -0.15) is 73.2 Å². The topological polar surface area (TPSA) is 66.0 Å². The summed E-state index contributed by atoms with van der Waals surface area (Å²) in [5.74, 6) is 7.79. The van der Waals surface area contributed by atoms with Gasteiger partial charge in [0.25, 0.3) is 0 Å². The molecule has 30 heavy (non-hydrogen) atoms. The lowest BCUT2D eigenvalue weighted by atomic mass is 10.4. The maximum Gasteiger partial charge on any atom is 0.336 e. The molecular weight excluding hydrogens is 499 g/mol. The second-order valence-corrected chi connectivity index (χ2v) is 11.4. The first-order valence-corrected chi connectivity index (χ1v) is 15.4. The largest absolute Gasteiger partial charge is 0.336 e. The standard InChI is InChI=1S/C18H33N3O3S6/c22-16-19(4-1-10-28-13-7-25)17(23)21(6-3-12-30-15-9-27)18(24)20(16)5-2-11-29-14-8-26/h25-27H,1-15H2. The zero-order valence-electron chi connectivity index (χ0n) is 17.2. The van der Waals surface area contributed by atoms with Gasteiger partial charge in [-0.1, -0.05) is 0 Å². The molecule has 6 nitrogen and oxygen atoms in total. The van der Waals surface area contributed by atoms with Crippen molar-refractivity contribution >= 4 is 73.2 Å². The third-order valence-corrected chi connectivity index (χ3v) is 8.89. The molecule has 0 N–H and O–H groups in total. The highest BCUT2D eigenvalue weighted by molar-refractivity contribution is 8.00. The number of nitrogens with zero attached hydrogens (tertiary/aromatic N) is 3. The van der Waals surface area contributed by atoms with E-state index in [-0.39, 0.29) is 0 Å². The first kappa shape index (κ1) is 28.5. The fourth-order valence-corrected chi connectivity index (χ4v) is 5.89. The monoisotopic (exact) mass is 531 g/mol. The van der Waals surface area contributed by atoms with Crippen LogP contribution in [0.4, 0.5) is 0 Å². The minimum Gasteiger partial charge on any atom is -0.247 e. The Morgan fingerprint density at radius 2 is 0.767 bits per heavy atom. The Balaban J connectivity index is 2.98. The van der Waals surface area contributed by atoms with Crippen molar-refractivity contribution in [1.29, 1.82) is 0 Å². The van der Waals surface area contributed by atoms with Gasteiger partial charge in [0, 0.05) is 36.9 Å². The summed E-state index contributed by atoms with van der Waals surface area (Å²) in [6, 6.07) is 0. The molecule has 0 spiro atoms. The molecule has 1 aromatic rings. The van der Waals surface area contributed by atoms with Gasteiger partial charge >= 0.3 is 17.1 Å². The van der Waals surface area contributed by atoms with Crippen LogP contribution in [0.1, 0.15) is 19.3 Å². The SMILES string of the molecule is O=c1n(CCCSCCS)c(=O)n(CCCSCCS)c(=O)n1CCCSCCS. The van der Waals surface area contributed by atoms with Crippen molar-refractivity contribution < 1.29 is 0 Å². The van der Waals surface area contributed by atoms with Gasteiger partial charge in [0.2, 0.25) is 0 Å². The van der Waals surface area contributed by atoms with Crippen molar-refractivity contribution in [3.63, 3.8) is 0 Å². The summed E-state index contributed by atoms with van der Waals surface area (Å²) in [4.78, 5) is 38.6. The van der Waals surface area contributed by atoms with Crippen LogP contribution in [-0.2, 0) is 19.6 Å². The molecule has 0 saturated carbocycles. The fourth-order valence-electron chi connectivity index (χ4n) is 2.73. The molecule has 1 rings (SSSR count). The Kier molecular flexibility index (Phi) is 17.1. The van der Waals surface area contributed by atoms with Gasteiger partial charge in [-0.15, -0.1) is 0 Å². The van der Waals surface area contributed by atoms with E-state index in [2.05, 4.69) is 37.9 Å². The molecular formula is C18H33N3O3S6. The molecule has 0 radical (unpaired) electrons. The number of rotatable bonds is 18. The average molecular weight is 532 g/mol. The van der Waals surface area contributed by atoms with Crippen molar-refractivity contribution in [1.82, 2.24) is 13.7 Å². The molecule has 0 saturated heterocycles. The van der Waals surface area contributed by atoms with Crippen LogP contribution in [0.2, 0.25) is 0 Å². The molecule has 0 aliphatic carbocycles. The van der Waals surface area contributed by atoms with Crippen molar-refractivity contribution in [2.45, 2.75) is 38.9 Å². The van der Waals surface area contributed by atoms with Gasteiger partial charge in [0.1, 0.15) is 0 Å². The molecule has 1 aromatic heterocycles. The molecule has 0 aliphatic heterocycles. The van der Waals surface area contributed by atoms with E-state index in [0.29, 0.717) is 38.9 Å². The van der Waals surface area contributed by atoms with Crippen LogP contribution >= 0.6 is 73.2 Å². The van der Waals surface area contributed by atoms with E-state index < -0.39 is 17.1 Å². The molecule has 0 bridgehead atoms. The van der Waals surface area contributed by atoms with Crippen LogP contribution < -0.4 is 17.1 Å². The summed E-state index contributed by atoms with van der Waals surface area (Å²) in [6.07, 6.45) is 2.13. The molecule has 12 heteroatoms. The number of hydrogen-bond acceptors (Lipinski definition) is 9. The summed E-state index contributed by atoms with van der Waals surface area (Å²) in [6.45, 7) is 1.00. The van der Waals surface area contributed by atoms with Crippen LogP contribution in [-0.4, -0.2) is 65.5 Å².